The van der Waals surface area contributed by atoms with Crippen LogP contribution in [-0.2, 0) is 19.1 Å². The first-order valence-electron chi connectivity index (χ1n) is 5.81. The van der Waals surface area contributed by atoms with Crippen molar-refractivity contribution in [2.45, 2.75) is 19.8 Å². The summed E-state index contributed by atoms with van der Waals surface area (Å²) in [5.74, 6) is -2.24. The molecule has 1 heterocycles. The first-order chi connectivity index (χ1) is 8.52. The van der Waals surface area contributed by atoms with Crippen LogP contribution in [0.2, 0.25) is 0 Å². The van der Waals surface area contributed by atoms with E-state index in [2.05, 4.69) is 4.98 Å². The lowest BCUT2D eigenvalue weighted by Gasteiger charge is -2.25. The minimum atomic E-state index is -0.934. The van der Waals surface area contributed by atoms with E-state index in [1.807, 2.05) is 19.9 Å². The minimum absolute atomic E-state index is 0.101. The summed E-state index contributed by atoms with van der Waals surface area (Å²) in [6.45, 7) is 3.91. The molecule has 0 saturated heterocycles. The van der Waals surface area contributed by atoms with Crippen molar-refractivity contribution >= 4 is 11.9 Å². The predicted molar refractivity (Wildman–Crippen MR) is 65.9 cm³/mol. The Hall–Kier alpha value is -1.78. The van der Waals surface area contributed by atoms with Gasteiger partial charge in [0.2, 0.25) is 0 Å². The minimum Gasteiger partial charge on any atom is -0.468 e. The van der Waals surface area contributed by atoms with E-state index < -0.39 is 17.9 Å². The average molecular weight is 253 g/mol. The van der Waals surface area contributed by atoms with Crippen molar-refractivity contribution in [1.82, 2.24) is 4.98 Å². The van der Waals surface area contributed by atoms with Crippen LogP contribution in [0.4, 0.5) is 0 Å². The maximum Gasteiger partial charge on any atom is 0.320 e. The highest BCUT2D eigenvalue weighted by Gasteiger charge is 2.39. The number of hydrogen-bond acceptors (Lipinski definition) is 4. The van der Waals surface area contributed by atoms with Crippen molar-refractivity contribution in [3.63, 3.8) is 0 Å². The molecular weight excluding hydrogens is 234 g/mol. The Morgan fingerprint density at radius 3 is 2.06 bits per heavy atom. The van der Waals surface area contributed by atoms with Gasteiger partial charge in [0.1, 0.15) is 0 Å². The fourth-order valence-corrected chi connectivity index (χ4v) is 2.15. The molecule has 1 rings (SSSR count). The second kappa shape index (κ2) is 6.23. The molecule has 0 aliphatic rings. The van der Waals surface area contributed by atoms with Gasteiger partial charge in [0.05, 0.1) is 14.2 Å². The third-order valence-corrected chi connectivity index (χ3v) is 2.99. The molecule has 100 valence electrons. The number of ether oxygens (including phenoxy) is 2. The van der Waals surface area contributed by atoms with Crippen molar-refractivity contribution < 1.29 is 19.1 Å². The van der Waals surface area contributed by atoms with Gasteiger partial charge in [-0.15, -0.1) is 0 Å². The summed E-state index contributed by atoms with van der Waals surface area (Å²) in [6, 6.07) is 1.85. The molecule has 1 unspecified atom stereocenters. The van der Waals surface area contributed by atoms with Crippen LogP contribution in [0.15, 0.2) is 18.5 Å². The summed E-state index contributed by atoms with van der Waals surface area (Å²) in [7, 11) is 2.54. The number of nitrogens with one attached hydrogen (secondary N) is 1. The zero-order chi connectivity index (χ0) is 13.7. The van der Waals surface area contributed by atoms with Crippen LogP contribution >= 0.6 is 0 Å². The van der Waals surface area contributed by atoms with E-state index in [0.29, 0.717) is 0 Å². The van der Waals surface area contributed by atoms with Gasteiger partial charge in [-0.2, -0.15) is 0 Å². The number of aromatic amines is 1. The molecule has 0 amide bonds. The molecule has 0 spiro atoms. The molecule has 0 radical (unpaired) electrons. The van der Waals surface area contributed by atoms with E-state index in [9.17, 15) is 9.59 Å². The normalized spacial score (nSPS) is 12.6. The van der Waals surface area contributed by atoms with Gasteiger partial charge in [0.15, 0.2) is 5.92 Å². The fraction of sp³-hybridized carbons (Fsp3) is 0.538. The standard InChI is InChI=1S/C13H19NO4/c1-8(2)10(9-5-6-14-7-9)11(12(15)17-3)13(16)18-4/h5-8,10-11,14H,1-4H3. The molecule has 1 atom stereocenters. The summed E-state index contributed by atoms with van der Waals surface area (Å²) in [6.07, 6.45) is 3.54. The zero-order valence-electron chi connectivity index (χ0n) is 11.1. The molecule has 0 bridgehead atoms. The van der Waals surface area contributed by atoms with Gasteiger partial charge in [-0.3, -0.25) is 9.59 Å². The zero-order valence-corrected chi connectivity index (χ0v) is 11.1. The smallest absolute Gasteiger partial charge is 0.320 e. The highest BCUT2D eigenvalue weighted by Crippen LogP contribution is 2.33. The Kier molecular flexibility index (Phi) is 4.95. The van der Waals surface area contributed by atoms with Crippen LogP contribution in [0.5, 0.6) is 0 Å². The lowest BCUT2D eigenvalue weighted by atomic mass is 9.79. The Morgan fingerprint density at radius 2 is 1.72 bits per heavy atom. The van der Waals surface area contributed by atoms with E-state index in [4.69, 9.17) is 9.47 Å². The number of aromatic nitrogens is 1. The molecule has 1 aromatic rings. The monoisotopic (exact) mass is 253 g/mol. The number of carbonyl (C=O) groups is 2. The van der Waals surface area contributed by atoms with Crippen molar-refractivity contribution in [2.75, 3.05) is 14.2 Å². The summed E-state index contributed by atoms with van der Waals surface area (Å²) in [5, 5.41) is 0. The van der Waals surface area contributed by atoms with Crippen LogP contribution < -0.4 is 0 Å². The van der Waals surface area contributed by atoms with E-state index in [0.717, 1.165) is 5.56 Å². The fourth-order valence-electron chi connectivity index (χ4n) is 2.15. The van der Waals surface area contributed by atoms with Gasteiger partial charge in [-0.1, -0.05) is 13.8 Å². The molecule has 1 N–H and O–H groups in total. The van der Waals surface area contributed by atoms with Crippen LogP contribution in [0.3, 0.4) is 0 Å². The molecule has 0 aliphatic carbocycles. The number of H-pyrrole nitrogens is 1. The first kappa shape index (κ1) is 14.3. The summed E-state index contributed by atoms with van der Waals surface area (Å²) in [4.78, 5) is 26.6. The maximum absolute atomic E-state index is 11.8. The lowest BCUT2D eigenvalue weighted by molar-refractivity contribution is -0.160. The summed E-state index contributed by atoms with van der Waals surface area (Å²) in [5.41, 5.74) is 0.894. The van der Waals surface area contributed by atoms with Crippen molar-refractivity contribution in [2.24, 2.45) is 11.8 Å². The Morgan fingerprint density at radius 1 is 1.17 bits per heavy atom. The van der Waals surface area contributed by atoms with Crippen LogP contribution in [-0.4, -0.2) is 31.1 Å². The second-order valence-electron chi connectivity index (χ2n) is 4.44. The van der Waals surface area contributed by atoms with Gasteiger partial charge in [-0.05, 0) is 17.5 Å². The lowest BCUT2D eigenvalue weighted by Crippen LogP contribution is -2.34. The number of hydrogen-bond donors (Lipinski definition) is 1. The van der Waals surface area contributed by atoms with Crippen LogP contribution in [0.1, 0.15) is 25.3 Å². The third-order valence-electron chi connectivity index (χ3n) is 2.99. The molecule has 18 heavy (non-hydrogen) atoms. The quantitative estimate of drug-likeness (QED) is 0.640. The summed E-state index contributed by atoms with van der Waals surface area (Å²) >= 11 is 0. The molecule has 0 aliphatic heterocycles. The number of methoxy groups -OCH3 is 2. The second-order valence-corrected chi connectivity index (χ2v) is 4.44. The Labute approximate surface area is 106 Å². The van der Waals surface area contributed by atoms with Gasteiger partial charge >= 0.3 is 11.9 Å². The molecule has 5 heteroatoms. The van der Waals surface area contributed by atoms with Crippen LogP contribution in [0.25, 0.3) is 0 Å². The molecule has 5 nitrogen and oxygen atoms in total. The van der Waals surface area contributed by atoms with Crippen molar-refractivity contribution in [1.29, 1.82) is 0 Å². The SMILES string of the molecule is COC(=O)C(C(=O)OC)C(c1cc[nH]c1)C(C)C. The average Bonchev–Trinajstić information content (AvgIpc) is 2.86. The predicted octanol–water partition coefficient (Wildman–Crippen LogP) is 1.72. The van der Waals surface area contributed by atoms with Gasteiger partial charge in [-0.25, -0.2) is 0 Å². The number of rotatable bonds is 5. The molecule has 0 saturated carbocycles. The molecule has 0 aromatic carbocycles. The highest BCUT2D eigenvalue weighted by molar-refractivity contribution is 5.96. The Balaban J connectivity index is 3.14. The summed E-state index contributed by atoms with van der Waals surface area (Å²) < 4.78 is 9.43. The van der Waals surface area contributed by atoms with Crippen LogP contribution in [0, 0.1) is 11.8 Å². The maximum atomic E-state index is 11.8. The third kappa shape index (κ3) is 2.91. The largest absolute Gasteiger partial charge is 0.468 e. The van der Waals surface area contributed by atoms with Gasteiger partial charge in [0, 0.05) is 18.3 Å². The molecule has 1 aromatic heterocycles. The van der Waals surface area contributed by atoms with E-state index in [1.54, 1.807) is 12.4 Å². The van der Waals surface area contributed by atoms with Crippen molar-refractivity contribution in [3.8, 4) is 0 Å². The first-order valence-corrected chi connectivity index (χ1v) is 5.81. The van der Waals surface area contributed by atoms with E-state index in [-0.39, 0.29) is 11.8 Å². The topological polar surface area (TPSA) is 68.4 Å². The van der Waals surface area contributed by atoms with Gasteiger partial charge < -0.3 is 14.5 Å². The molecular formula is C13H19NO4. The van der Waals surface area contributed by atoms with Crippen molar-refractivity contribution in [3.05, 3.63) is 24.0 Å². The van der Waals surface area contributed by atoms with Gasteiger partial charge in [0.25, 0.3) is 0 Å². The highest BCUT2D eigenvalue weighted by atomic mass is 16.5. The number of carbonyl (C=O) groups excluding carboxylic acids is 2. The van der Waals surface area contributed by atoms with E-state index in [1.165, 1.54) is 14.2 Å². The number of esters is 2. The Bertz CT molecular complexity index is 381. The molecule has 0 fully saturated rings. The van der Waals surface area contributed by atoms with E-state index >= 15 is 0 Å².